The van der Waals surface area contributed by atoms with Crippen LogP contribution in [0.25, 0.3) is 0 Å². The Hall–Kier alpha value is -2.08. The van der Waals surface area contributed by atoms with E-state index in [9.17, 15) is 14.7 Å². The van der Waals surface area contributed by atoms with Gasteiger partial charge in [0, 0.05) is 11.8 Å². The van der Waals surface area contributed by atoms with E-state index in [4.69, 9.17) is 4.74 Å². The molecule has 0 unspecified atom stereocenters. The first-order valence-corrected chi connectivity index (χ1v) is 7.98. The second kappa shape index (κ2) is 8.53. The number of phenols is 1. The Labute approximate surface area is 137 Å². The molecule has 6 nitrogen and oxygen atoms in total. The maximum atomic E-state index is 12.0. The Kier molecular flexibility index (Phi) is 7.03. The number of hydrogen-bond acceptors (Lipinski definition) is 4. The molecule has 0 aliphatic carbocycles. The molecule has 0 saturated carbocycles. The summed E-state index contributed by atoms with van der Waals surface area (Å²) in [6.45, 7) is 8.84. The van der Waals surface area contributed by atoms with E-state index in [0.29, 0.717) is 12.1 Å². The number of anilines is 1. The van der Waals surface area contributed by atoms with Crippen molar-refractivity contribution in [1.29, 1.82) is 0 Å². The Morgan fingerprint density at radius 3 is 2.39 bits per heavy atom. The Morgan fingerprint density at radius 2 is 1.87 bits per heavy atom. The van der Waals surface area contributed by atoms with Gasteiger partial charge >= 0.3 is 5.97 Å². The van der Waals surface area contributed by atoms with E-state index < -0.39 is 5.97 Å². The van der Waals surface area contributed by atoms with Gasteiger partial charge in [-0.3, -0.25) is 4.79 Å². The first-order valence-electron chi connectivity index (χ1n) is 7.98. The van der Waals surface area contributed by atoms with Crippen molar-refractivity contribution in [1.82, 2.24) is 0 Å². The number of esters is 1. The van der Waals surface area contributed by atoms with Crippen LogP contribution in [0.5, 0.6) is 5.75 Å². The predicted octanol–water partition coefficient (Wildman–Crippen LogP) is 2.38. The van der Waals surface area contributed by atoms with E-state index in [2.05, 4.69) is 26.2 Å². The average Bonchev–Trinajstić information content (AvgIpc) is 2.53. The average molecular weight is 323 g/mol. The molecule has 1 aromatic carbocycles. The van der Waals surface area contributed by atoms with Crippen LogP contribution in [0.15, 0.2) is 18.2 Å². The molecule has 23 heavy (non-hydrogen) atoms. The van der Waals surface area contributed by atoms with Crippen LogP contribution in [-0.4, -0.2) is 54.8 Å². The topological polar surface area (TPSA) is 75.6 Å². The third-order valence-electron chi connectivity index (χ3n) is 4.18. The molecule has 0 atom stereocenters. The Morgan fingerprint density at radius 1 is 1.22 bits per heavy atom. The molecule has 1 rings (SSSR count). The third kappa shape index (κ3) is 5.56. The number of amides is 1. The quantitative estimate of drug-likeness (QED) is 0.569. The molecule has 0 fully saturated rings. The molecule has 0 aromatic heterocycles. The minimum Gasteiger partial charge on any atom is -0.507 e. The van der Waals surface area contributed by atoms with Gasteiger partial charge in [0.25, 0.3) is 0 Å². The summed E-state index contributed by atoms with van der Waals surface area (Å²) in [5, 5.41) is 12.6. The zero-order valence-corrected chi connectivity index (χ0v) is 14.4. The predicted molar refractivity (Wildman–Crippen MR) is 89.4 cm³/mol. The normalized spacial score (nSPS) is 11.1. The molecule has 6 heteroatoms. The minimum absolute atomic E-state index is 0.0889. The highest BCUT2D eigenvalue weighted by molar-refractivity contribution is 5.95. The molecular weight excluding hydrogens is 296 g/mol. The maximum Gasteiger partial charge on any atom is 0.341 e. The van der Waals surface area contributed by atoms with Gasteiger partial charge in [0.05, 0.1) is 39.7 Å². The van der Waals surface area contributed by atoms with Gasteiger partial charge in [0.2, 0.25) is 5.91 Å². The number of nitrogens with one attached hydrogen (secondary N) is 1. The summed E-state index contributed by atoms with van der Waals surface area (Å²) in [4.78, 5) is 23.6. The summed E-state index contributed by atoms with van der Waals surface area (Å²) in [5.41, 5.74) is 0.550. The second-order valence-electron chi connectivity index (χ2n) is 5.73. The van der Waals surface area contributed by atoms with Gasteiger partial charge in [-0.1, -0.05) is 0 Å². The Bertz CT molecular complexity index is 554. The van der Waals surface area contributed by atoms with E-state index in [-0.39, 0.29) is 23.8 Å². The molecule has 0 heterocycles. The molecule has 0 spiro atoms. The van der Waals surface area contributed by atoms with Crippen molar-refractivity contribution in [3.05, 3.63) is 23.8 Å². The summed E-state index contributed by atoms with van der Waals surface area (Å²) < 4.78 is 5.68. The summed E-state index contributed by atoms with van der Waals surface area (Å²) in [6.07, 6.45) is 0.401. The summed E-state index contributed by atoms with van der Waals surface area (Å²) in [5.74, 6) is -0.898. The van der Waals surface area contributed by atoms with Crippen molar-refractivity contribution in [3.63, 3.8) is 0 Å². The lowest BCUT2D eigenvalue weighted by Gasteiger charge is -2.31. The zero-order valence-electron chi connectivity index (χ0n) is 14.4. The number of ether oxygens (including phenoxy) is 1. The second-order valence-corrected chi connectivity index (χ2v) is 5.73. The fourth-order valence-electron chi connectivity index (χ4n) is 2.13. The fraction of sp³-hybridized carbons (Fsp3) is 0.529. The number of carbonyl (C=O) groups is 2. The lowest BCUT2D eigenvalue weighted by atomic mass is 10.1. The van der Waals surface area contributed by atoms with Crippen molar-refractivity contribution >= 4 is 17.6 Å². The van der Waals surface area contributed by atoms with E-state index in [1.807, 2.05) is 0 Å². The number of carbonyl (C=O) groups excluding carboxylic acids is 2. The number of quaternary nitrogens is 1. The van der Waals surface area contributed by atoms with E-state index in [0.717, 1.165) is 24.1 Å². The van der Waals surface area contributed by atoms with E-state index in [1.54, 1.807) is 13.0 Å². The highest BCUT2D eigenvalue weighted by Gasteiger charge is 2.18. The molecule has 128 valence electrons. The van der Waals surface area contributed by atoms with Crippen LogP contribution in [0.4, 0.5) is 5.69 Å². The molecule has 0 aliphatic heterocycles. The van der Waals surface area contributed by atoms with Crippen LogP contribution < -0.4 is 5.32 Å². The van der Waals surface area contributed by atoms with Crippen molar-refractivity contribution in [2.75, 3.05) is 38.6 Å². The van der Waals surface area contributed by atoms with Gasteiger partial charge in [-0.05, 0) is 32.9 Å². The highest BCUT2D eigenvalue weighted by Crippen LogP contribution is 2.23. The lowest BCUT2D eigenvalue weighted by Crippen LogP contribution is -2.45. The standard InChI is InChI=1S/C17H26N2O4/c1-5-19(4,6-2)11-10-16(21)18-13-8-9-14(15(20)12-13)17(22)23-7-3/h8-9,12H,5-7,10-11H2,1-4H3,(H-,18,20,21,22)/p+1. The maximum absolute atomic E-state index is 12.0. The molecule has 0 bridgehead atoms. The van der Waals surface area contributed by atoms with Gasteiger partial charge < -0.3 is 19.6 Å². The minimum atomic E-state index is -0.582. The van der Waals surface area contributed by atoms with Gasteiger partial charge in [-0.25, -0.2) is 4.79 Å². The summed E-state index contributed by atoms with van der Waals surface area (Å²) >= 11 is 0. The molecule has 0 aliphatic rings. The van der Waals surface area contributed by atoms with Crippen LogP contribution >= 0.6 is 0 Å². The number of rotatable bonds is 8. The molecule has 1 amide bonds. The van der Waals surface area contributed by atoms with Gasteiger partial charge in [0.1, 0.15) is 11.3 Å². The van der Waals surface area contributed by atoms with Crippen LogP contribution in [0.3, 0.4) is 0 Å². The monoisotopic (exact) mass is 323 g/mol. The molecule has 0 radical (unpaired) electrons. The molecular formula is C17H27N2O4+. The molecule has 2 N–H and O–H groups in total. The van der Waals surface area contributed by atoms with Crippen LogP contribution in [0, 0.1) is 0 Å². The van der Waals surface area contributed by atoms with Crippen molar-refractivity contribution in [2.24, 2.45) is 0 Å². The van der Waals surface area contributed by atoms with Crippen molar-refractivity contribution in [3.8, 4) is 5.75 Å². The largest absolute Gasteiger partial charge is 0.507 e. The van der Waals surface area contributed by atoms with Crippen LogP contribution in [0.1, 0.15) is 37.6 Å². The highest BCUT2D eigenvalue weighted by atomic mass is 16.5. The zero-order chi connectivity index (χ0) is 17.5. The summed E-state index contributed by atoms with van der Waals surface area (Å²) in [6, 6.07) is 4.39. The number of phenolic OH excluding ortho intramolecular Hbond substituents is 1. The lowest BCUT2D eigenvalue weighted by molar-refractivity contribution is -0.905. The van der Waals surface area contributed by atoms with Crippen molar-refractivity contribution < 1.29 is 23.9 Å². The van der Waals surface area contributed by atoms with E-state index in [1.165, 1.54) is 12.1 Å². The summed E-state index contributed by atoms with van der Waals surface area (Å²) in [7, 11) is 2.12. The number of hydrogen-bond donors (Lipinski definition) is 2. The Balaban J connectivity index is 2.66. The third-order valence-corrected chi connectivity index (χ3v) is 4.18. The number of nitrogens with zero attached hydrogens (tertiary/aromatic N) is 1. The first kappa shape index (κ1) is 19.0. The van der Waals surface area contributed by atoms with Gasteiger partial charge in [-0.15, -0.1) is 0 Å². The number of aromatic hydroxyl groups is 1. The van der Waals surface area contributed by atoms with E-state index >= 15 is 0 Å². The van der Waals surface area contributed by atoms with Gasteiger partial charge in [0.15, 0.2) is 0 Å². The SMILES string of the molecule is CCOC(=O)c1ccc(NC(=O)CC[N+](C)(CC)CC)cc1O. The first-order chi connectivity index (χ1) is 10.8. The van der Waals surface area contributed by atoms with Crippen LogP contribution in [0.2, 0.25) is 0 Å². The molecule has 0 saturated heterocycles. The van der Waals surface area contributed by atoms with Crippen LogP contribution in [-0.2, 0) is 9.53 Å². The fourth-order valence-corrected chi connectivity index (χ4v) is 2.13. The van der Waals surface area contributed by atoms with Crippen molar-refractivity contribution in [2.45, 2.75) is 27.2 Å². The smallest absolute Gasteiger partial charge is 0.341 e. The van der Waals surface area contributed by atoms with Gasteiger partial charge in [-0.2, -0.15) is 0 Å². The number of benzene rings is 1. The molecule has 1 aromatic rings.